The minimum absolute atomic E-state index is 0.414. The number of rotatable bonds is 7. The van der Waals surface area contributed by atoms with Crippen LogP contribution in [0.5, 0.6) is 0 Å². The fourth-order valence-corrected chi connectivity index (χ4v) is 3.35. The lowest BCUT2D eigenvalue weighted by atomic mass is 9.90. The quantitative estimate of drug-likeness (QED) is 0.500. The van der Waals surface area contributed by atoms with Crippen molar-refractivity contribution in [3.8, 4) is 0 Å². The van der Waals surface area contributed by atoms with Crippen molar-refractivity contribution < 1.29 is 13.3 Å². The Morgan fingerprint density at radius 1 is 0.867 bits per heavy atom. The molecule has 0 aliphatic heterocycles. The number of hydrogen-bond acceptors (Lipinski definition) is 3. The Labute approximate surface area is 95.5 Å². The van der Waals surface area contributed by atoms with Crippen LogP contribution in [0.25, 0.3) is 0 Å². The van der Waals surface area contributed by atoms with Gasteiger partial charge < -0.3 is 13.3 Å². The first kappa shape index (κ1) is 15.1. The summed E-state index contributed by atoms with van der Waals surface area (Å²) in [4.78, 5) is 0. The van der Waals surface area contributed by atoms with Crippen molar-refractivity contribution in [1.29, 1.82) is 0 Å². The fourth-order valence-electron chi connectivity index (χ4n) is 1.55. The zero-order valence-electron chi connectivity index (χ0n) is 11.1. The first-order valence-corrected chi connectivity index (χ1v) is 7.48. The third kappa shape index (κ3) is 6.30. The van der Waals surface area contributed by atoms with Crippen molar-refractivity contribution in [2.45, 2.75) is 46.1 Å². The van der Waals surface area contributed by atoms with E-state index in [0.717, 1.165) is 12.5 Å². The Morgan fingerprint density at radius 2 is 1.33 bits per heavy atom. The van der Waals surface area contributed by atoms with Crippen LogP contribution in [-0.2, 0) is 13.3 Å². The molecule has 0 fully saturated rings. The summed E-state index contributed by atoms with van der Waals surface area (Å²) in [6, 6.07) is 0.909. The summed E-state index contributed by atoms with van der Waals surface area (Å²) in [5, 5.41) is 0. The van der Waals surface area contributed by atoms with Gasteiger partial charge in [-0.15, -0.1) is 0 Å². The van der Waals surface area contributed by atoms with E-state index in [4.69, 9.17) is 13.3 Å². The van der Waals surface area contributed by atoms with Gasteiger partial charge >= 0.3 is 8.80 Å². The lowest BCUT2D eigenvalue weighted by Crippen LogP contribution is -2.42. The van der Waals surface area contributed by atoms with Gasteiger partial charge in [0.2, 0.25) is 0 Å². The van der Waals surface area contributed by atoms with Crippen LogP contribution < -0.4 is 0 Å². The molecule has 0 bridgehead atoms. The van der Waals surface area contributed by atoms with Gasteiger partial charge in [-0.1, -0.05) is 27.2 Å². The van der Waals surface area contributed by atoms with Crippen LogP contribution in [-0.4, -0.2) is 30.1 Å². The van der Waals surface area contributed by atoms with E-state index in [9.17, 15) is 0 Å². The average Bonchev–Trinajstić information content (AvgIpc) is 2.18. The van der Waals surface area contributed by atoms with Crippen molar-refractivity contribution in [2.75, 3.05) is 21.3 Å². The number of hydrogen-bond donors (Lipinski definition) is 0. The van der Waals surface area contributed by atoms with Crippen molar-refractivity contribution in [3.05, 3.63) is 0 Å². The summed E-state index contributed by atoms with van der Waals surface area (Å²) >= 11 is 0. The Morgan fingerprint density at radius 3 is 1.67 bits per heavy atom. The first-order valence-electron chi connectivity index (χ1n) is 5.54. The van der Waals surface area contributed by atoms with E-state index in [1.807, 2.05) is 0 Å². The van der Waals surface area contributed by atoms with Crippen LogP contribution in [0.2, 0.25) is 6.04 Å². The third-order valence-corrected chi connectivity index (χ3v) is 5.42. The van der Waals surface area contributed by atoms with Gasteiger partial charge in [0.1, 0.15) is 0 Å². The molecule has 0 radical (unpaired) electrons. The van der Waals surface area contributed by atoms with E-state index in [0.29, 0.717) is 5.41 Å². The van der Waals surface area contributed by atoms with Gasteiger partial charge in [0.25, 0.3) is 0 Å². The standard InChI is InChI=1S/C11H26O3Si/c1-11(2,3)9-7-8-10-15(12-4,13-5)14-6/h7-10H2,1-6H3. The van der Waals surface area contributed by atoms with Crippen molar-refractivity contribution in [1.82, 2.24) is 0 Å². The van der Waals surface area contributed by atoms with Crippen LogP contribution in [0.15, 0.2) is 0 Å². The molecule has 15 heavy (non-hydrogen) atoms. The van der Waals surface area contributed by atoms with E-state index >= 15 is 0 Å². The Kier molecular flexibility index (Phi) is 6.67. The maximum Gasteiger partial charge on any atom is 0.500 e. The van der Waals surface area contributed by atoms with Crippen molar-refractivity contribution >= 4 is 8.80 Å². The van der Waals surface area contributed by atoms with Crippen LogP contribution >= 0.6 is 0 Å². The summed E-state index contributed by atoms with van der Waals surface area (Å²) < 4.78 is 16.1. The van der Waals surface area contributed by atoms with Crippen LogP contribution in [0, 0.1) is 5.41 Å². The molecule has 0 amide bonds. The normalized spacial score (nSPS) is 13.2. The van der Waals surface area contributed by atoms with E-state index < -0.39 is 8.80 Å². The molecule has 3 nitrogen and oxygen atoms in total. The highest BCUT2D eigenvalue weighted by Crippen LogP contribution is 2.24. The second kappa shape index (κ2) is 6.63. The van der Waals surface area contributed by atoms with Crippen LogP contribution in [0.3, 0.4) is 0 Å². The SMILES string of the molecule is CO[Si](CCCCC(C)(C)C)(OC)OC. The molecule has 0 spiro atoms. The molecule has 0 heterocycles. The summed E-state index contributed by atoms with van der Waals surface area (Å²) in [6.45, 7) is 6.79. The van der Waals surface area contributed by atoms with E-state index in [1.165, 1.54) is 12.8 Å². The topological polar surface area (TPSA) is 27.7 Å². The van der Waals surface area contributed by atoms with Gasteiger partial charge in [-0.05, 0) is 18.3 Å². The highest BCUT2D eigenvalue weighted by Gasteiger charge is 2.36. The van der Waals surface area contributed by atoms with Crippen LogP contribution in [0.1, 0.15) is 40.0 Å². The van der Waals surface area contributed by atoms with Gasteiger partial charge in [-0.25, -0.2) is 0 Å². The van der Waals surface area contributed by atoms with E-state index in [-0.39, 0.29) is 0 Å². The molecule has 0 aliphatic carbocycles. The summed E-state index contributed by atoms with van der Waals surface area (Å²) in [5.41, 5.74) is 0.414. The summed E-state index contributed by atoms with van der Waals surface area (Å²) in [7, 11) is 2.70. The third-order valence-electron chi connectivity index (χ3n) is 2.59. The molecule has 92 valence electrons. The van der Waals surface area contributed by atoms with Gasteiger partial charge in [-0.3, -0.25) is 0 Å². The second-order valence-electron chi connectivity index (χ2n) is 5.06. The molecule has 0 saturated heterocycles. The van der Waals surface area contributed by atoms with E-state index in [1.54, 1.807) is 21.3 Å². The van der Waals surface area contributed by atoms with Crippen molar-refractivity contribution in [2.24, 2.45) is 5.41 Å². The highest BCUT2D eigenvalue weighted by atomic mass is 28.4. The Balaban J connectivity index is 3.82. The van der Waals surface area contributed by atoms with Crippen molar-refractivity contribution in [3.63, 3.8) is 0 Å². The molecule has 0 N–H and O–H groups in total. The monoisotopic (exact) mass is 234 g/mol. The maximum atomic E-state index is 5.36. The maximum absolute atomic E-state index is 5.36. The molecule has 0 aliphatic rings. The smallest absolute Gasteiger partial charge is 0.377 e. The molecule has 0 aromatic rings. The Hall–Kier alpha value is 0.0969. The molecular weight excluding hydrogens is 208 g/mol. The predicted molar refractivity (Wildman–Crippen MR) is 64.9 cm³/mol. The molecular formula is C11H26O3Si. The van der Waals surface area contributed by atoms with Gasteiger partial charge in [0.15, 0.2) is 0 Å². The molecule has 4 heteroatoms. The second-order valence-corrected chi connectivity index (χ2v) is 8.15. The lowest BCUT2D eigenvalue weighted by molar-refractivity contribution is 0.122. The molecule has 0 saturated carbocycles. The summed E-state index contributed by atoms with van der Waals surface area (Å²) in [6.07, 6.45) is 3.54. The van der Waals surface area contributed by atoms with Gasteiger partial charge in [-0.2, -0.15) is 0 Å². The molecule has 0 aromatic carbocycles. The molecule has 0 unspecified atom stereocenters. The fraction of sp³-hybridized carbons (Fsp3) is 1.00. The van der Waals surface area contributed by atoms with E-state index in [2.05, 4.69) is 20.8 Å². The lowest BCUT2D eigenvalue weighted by Gasteiger charge is -2.25. The molecule has 0 atom stereocenters. The zero-order chi connectivity index (χ0) is 11.9. The van der Waals surface area contributed by atoms with Gasteiger partial charge in [0.05, 0.1) is 0 Å². The van der Waals surface area contributed by atoms with Crippen LogP contribution in [0.4, 0.5) is 0 Å². The average molecular weight is 234 g/mol. The molecule has 0 rings (SSSR count). The van der Waals surface area contributed by atoms with Gasteiger partial charge in [0, 0.05) is 27.4 Å². The first-order chi connectivity index (χ1) is 6.89. The summed E-state index contributed by atoms with van der Waals surface area (Å²) in [5.74, 6) is 0. The molecule has 0 aromatic heterocycles. The highest BCUT2D eigenvalue weighted by molar-refractivity contribution is 6.60. The number of unbranched alkanes of at least 4 members (excludes halogenated alkanes) is 1. The predicted octanol–water partition coefficient (Wildman–Crippen LogP) is 3.08. The minimum Gasteiger partial charge on any atom is -0.377 e. The Bertz CT molecular complexity index is 153. The largest absolute Gasteiger partial charge is 0.500 e. The zero-order valence-corrected chi connectivity index (χ0v) is 12.1. The minimum atomic E-state index is -2.31.